The highest BCUT2D eigenvalue weighted by Gasteiger charge is 2.18. The second-order valence-corrected chi connectivity index (χ2v) is 6.45. The molecule has 3 aromatic rings. The molecule has 3 aromatic carbocycles. The largest absolute Gasteiger partial charge is 0.368 e. The predicted octanol–water partition coefficient (Wildman–Crippen LogP) is 3.11. The zero-order chi connectivity index (χ0) is 19.1. The van der Waals surface area contributed by atoms with Crippen molar-refractivity contribution in [3.8, 4) is 11.1 Å². The lowest BCUT2D eigenvalue weighted by Crippen LogP contribution is -2.46. The van der Waals surface area contributed by atoms with Gasteiger partial charge in [-0.15, -0.1) is 0 Å². The minimum atomic E-state index is -0.733. The van der Waals surface area contributed by atoms with Crippen molar-refractivity contribution in [1.29, 1.82) is 0 Å². The topological polar surface area (TPSA) is 72.2 Å². The van der Waals surface area contributed by atoms with Crippen molar-refractivity contribution in [3.63, 3.8) is 0 Å². The number of hydrogen-bond acceptors (Lipinski definition) is 2. The monoisotopic (exact) mass is 358 g/mol. The van der Waals surface area contributed by atoms with Gasteiger partial charge in [-0.1, -0.05) is 84.9 Å². The van der Waals surface area contributed by atoms with Gasteiger partial charge >= 0.3 is 0 Å². The summed E-state index contributed by atoms with van der Waals surface area (Å²) in [5.41, 5.74) is 9.56. The molecule has 0 saturated heterocycles. The van der Waals surface area contributed by atoms with E-state index in [1.54, 1.807) is 0 Å². The Morgan fingerprint density at radius 3 is 1.89 bits per heavy atom. The van der Waals surface area contributed by atoms with Gasteiger partial charge in [0, 0.05) is 6.42 Å². The van der Waals surface area contributed by atoms with Gasteiger partial charge in [-0.2, -0.15) is 0 Å². The molecule has 3 rings (SSSR count). The van der Waals surface area contributed by atoms with E-state index in [1.807, 2.05) is 84.9 Å². The van der Waals surface area contributed by atoms with Crippen LogP contribution in [0.2, 0.25) is 0 Å². The molecule has 2 amide bonds. The van der Waals surface area contributed by atoms with Crippen LogP contribution in [0.1, 0.15) is 11.1 Å². The van der Waals surface area contributed by atoms with Crippen molar-refractivity contribution < 1.29 is 9.59 Å². The van der Waals surface area contributed by atoms with Crippen LogP contribution in [0, 0.1) is 0 Å². The van der Waals surface area contributed by atoms with Gasteiger partial charge < -0.3 is 11.1 Å². The lowest BCUT2D eigenvalue weighted by molar-refractivity contribution is -0.127. The molecule has 4 heteroatoms. The molecule has 0 saturated carbocycles. The molecule has 0 fully saturated rings. The summed E-state index contributed by atoms with van der Waals surface area (Å²) in [7, 11) is 0. The first-order valence-corrected chi connectivity index (χ1v) is 8.89. The van der Waals surface area contributed by atoms with Crippen molar-refractivity contribution in [2.45, 2.75) is 18.9 Å². The Morgan fingerprint density at radius 1 is 0.741 bits per heavy atom. The molecule has 0 aromatic heterocycles. The molecular weight excluding hydrogens is 336 g/mol. The van der Waals surface area contributed by atoms with Crippen LogP contribution >= 0.6 is 0 Å². The van der Waals surface area contributed by atoms with E-state index in [4.69, 9.17) is 5.73 Å². The summed E-state index contributed by atoms with van der Waals surface area (Å²) in [6.45, 7) is 0. The number of carbonyl (C=O) groups is 2. The van der Waals surface area contributed by atoms with Crippen LogP contribution in [0.3, 0.4) is 0 Å². The van der Waals surface area contributed by atoms with E-state index in [-0.39, 0.29) is 12.3 Å². The maximum atomic E-state index is 12.2. The Bertz CT molecular complexity index is 891. The van der Waals surface area contributed by atoms with Crippen LogP contribution in [0.25, 0.3) is 11.1 Å². The zero-order valence-electron chi connectivity index (χ0n) is 15.0. The molecule has 27 heavy (non-hydrogen) atoms. The number of nitrogens with two attached hydrogens (primary N) is 1. The molecule has 1 atom stereocenters. The van der Waals surface area contributed by atoms with Gasteiger partial charge in [0.15, 0.2) is 0 Å². The maximum Gasteiger partial charge on any atom is 0.240 e. The van der Waals surface area contributed by atoms with Gasteiger partial charge in [0.25, 0.3) is 0 Å². The Labute approximate surface area is 159 Å². The molecule has 3 N–H and O–H groups in total. The number of hydrogen-bond donors (Lipinski definition) is 2. The highest BCUT2D eigenvalue weighted by atomic mass is 16.2. The van der Waals surface area contributed by atoms with Crippen LogP contribution in [0.4, 0.5) is 0 Å². The predicted molar refractivity (Wildman–Crippen MR) is 107 cm³/mol. The van der Waals surface area contributed by atoms with Gasteiger partial charge in [-0.3, -0.25) is 9.59 Å². The lowest BCUT2D eigenvalue weighted by Gasteiger charge is -2.16. The number of amides is 2. The molecule has 0 radical (unpaired) electrons. The lowest BCUT2D eigenvalue weighted by atomic mass is 10.00. The Kier molecular flexibility index (Phi) is 6.00. The summed E-state index contributed by atoms with van der Waals surface area (Å²) in [4.78, 5) is 24.0. The third-order valence-corrected chi connectivity index (χ3v) is 4.39. The highest BCUT2D eigenvalue weighted by Crippen LogP contribution is 2.19. The molecular formula is C23H22N2O2. The normalized spacial score (nSPS) is 11.6. The quantitative estimate of drug-likeness (QED) is 0.681. The van der Waals surface area contributed by atoms with E-state index in [0.29, 0.717) is 6.42 Å². The molecule has 0 spiro atoms. The molecule has 0 aliphatic heterocycles. The van der Waals surface area contributed by atoms with Gasteiger partial charge in [-0.25, -0.2) is 0 Å². The standard InChI is InChI=1S/C23H22N2O2/c24-23(27)21(25-22(26)16-17-7-3-1-4-8-17)15-18-11-13-20(14-12-18)19-9-5-2-6-10-19/h1-14,21H,15-16H2,(H2,24,27)(H,25,26)/t21-/m1/s1. The van der Waals surface area contributed by atoms with Crippen molar-refractivity contribution >= 4 is 11.8 Å². The Balaban J connectivity index is 1.64. The molecule has 0 unspecified atom stereocenters. The van der Waals surface area contributed by atoms with Gasteiger partial charge in [0.1, 0.15) is 6.04 Å². The van der Waals surface area contributed by atoms with Crippen molar-refractivity contribution in [2.75, 3.05) is 0 Å². The molecule has 0 bridgehead atoms. The minimum Gasteiger partial charge on any atom is -0.368 e. The van der Waals surface area contributed by atoms with Crippen LogP contribution in [-0.4, -0.2) is 17.9 Å². The number of primary amides is 1. The minimum absolute atomic E-state index is 0.217. The Morgan fingerprint density at radius 2 is 1.30 bits per heavy atom. The van der Waals surface area contributed by atoms with E-state index in [2.05, 4.69) is 5.32 Å². The molecule has 0 aliphatic rings. The fourth-order valence-corrected chi connectivity index (χ4v) is 2.95. The third kappa shape index (κ3) is 5.28. The average Bonchev–Trinajstić information content (AvgIpc) is 2.69. The highest BCUT2D eigenvalue weighted by molar-refractivity contribution is 5.87. The third-order valence-electron chi connectivity index (χ3n) is 4.39. The van der Waals surface area contributed by atoms with E-state index < -0.39 is 11.9 Å². The summed E-state index contributed by atoms with van der Waals surface area (Å²) in [5.74, 6) is -0.755. The molecule has 4 nitrogen and oxygen atoms in total. The molecule has 136 valence electrons. The Hall–Kier alpha value is -3.40. The number of nitrogens with one attached hydrogen (secondary N) is 1. The first kappa shape index (κ1) is 18.4. The van der Waals surface area contributed by atoms with E-state index in [0.717, 1.165) is 22.3 Å². The second-order valence-electron chi connectivity index (χ2n) is 6.45. The van der Waals surface area contributed by atoms with Crippen LogP contribution in [-0.2, 0) is 22.4 Å². The van der Waals surface area contributed by atoms with Gasteiger partial charge in [0.2, 0.25) is 11.8 Å². The second kappa shape index (κ2) is 8.81. The van der Waals surface area contributed by atoms with Crippen LogP contribution < -0.4 is 11.1 Å². The average molecular weight is 358 g/mol. The van der Waals surface area contributed by atoms with Crippen molar-refractivity contribution in [2.24, 2.45) is 5.73 Å². The summed E-state index contributed by atoms with van der Waals surface area (Å²) in [6.07, 6.45) is 0.586. The first-order valence-electron chi connectivity index (χ1n) is 8.89. The smallest absolute Gasteiger partial charge is 0.240 e. The van der Waals surface area contributed by atoms with Crippen LogP contribution in [0.5, 0.6) is 0 Å². The maximum absolute atomic E-state index is 12.2. The zero-order valence-corrected chi connectivity index (χ0v) is 15.0. The first-order chi connectivity index (χ1) is 13.1. The number of carbonyl (C=O) groups excluding carboxylic acids is 2. The van der Waals surface area contributed by atoms with Crippen molar-refractivity contribution in [3.05, 3.63) is 96.1 Å². The summed E-state index contributed by atoms with van der Waals surface area (Å²) in [6, 6.07) is 26.7. The van der Waals surface area contributed by atoms with Gasteiger partial charge in [-0.05, 0) is 22.3 Å². The van der Waals surface area contributed by atoms with E-state index in [1.165, 1.54) is 0 Å². The fourth-order valence-electron chi connectivity index (χ4n) is 2.95. The fraction of sp³-hybridized carbons (Fsp3) is 0.130. The SMILES string of the molecule is NC(=O)[C@@H](Cc1ccc(-c2ccccc2)cc1)NC(=O)Cc1ccccc1. The van der Waals surface area contributed by atoms with Gasteiger partial charge in [0.05, 0.1) is 6.42 Å². The van der Waals surface area contributed by atoms with E-state index >= 15 is 0 Å². The molecule has 0 aliphatic carbocycles. The molecule has 0 heterocycles. The summed E-state index contributed by atoms with van der Waals surface area (Å²) < 4.78 is 0. The number of benzene rings is 3. The number of rotatable bonds is 7. The summed E-state index contributed by atoms with van der Waals surface area (Å²) >= 11 is 0. The summed E-state index contributed by atoms with van der Waals surface area (Å²) in [5, 5.41) is 2.75. The van der Waals surface area contributed by atoms with E-state index in [9.17, 15) is 9.59 Å². The van der Waals surface area contributed by atoms with Crippen LogP contribution in [0.15, 0.2) is 84.9 Å². The van der Waals surface area contributed by atoms with Crippen molar-refractivity contribution in [1.82, 2.24) is 5.32 Å².